The summed E-state index contributed by atoms with van der Waals surface area (Å²) in [7, 11) is 0. The number of aryl methyl sites for hydroxylation is 2. The number of hydrogen-bond donors (Lipinski definition) is 0. The summed E-state index contributed by atoms with van der Waals surface area (Å²) in [6.07, 6.45) is 3.72. The van der Waals surface area contributed by atoms with Crippen LogP contribution in [0, 0.1) is 23.5 Å². The molecule has 0 aliphatic heterocycles. The lowest BCUT2D eigenvalue weighted by Crippen LogP contribution is -1.94. The van der Waals surface area contributed by atoms with Crippen molar-refractivity contribution in [3.8, 4) is 23.0 Å². The Hall–Kier alpha value is -2.92. The van der Waals surface area contributed by atoms with Crippen LogP contribution in [0.5, 0.6) is 0 Å². The van der Waals surface area contributed by atoms with E-state index in [2.05, 4.69) is 43.0 Å². The molecule has 0 spiro atoms. The second kappa shape index (κ2) is 9.33. The first-order valence-electron chi connectivity index (χ1n) is 9.80. The van der Waals surface area contributed by atoms with Gasteiger partial charge in [-0.2, -0.15) is 0 Å². The first kappa shape index (κ1) is 19.8. The van der Waals surface area contributed by atoms with Crippen LogP contribution in [0.3, 0.4) is 0 Å². The summed E-state index contributed by atoms with van der Waals surface area (Å²) in [4.78, 5) is 0. The zero-order valence-corrected chi connectivity index (χ0v) is 16.4. The first-order valence-corrected chi connectivity index (χ1v) is 9.80. The van der Waals surface area contributed by atoms with E-state index in [1.54, 1.807) is 0 Å². The lowest BCUT2D eigenvalue weighted by Gasteiger charge is -2.04. The fourth-order valence-electron chi connectivity index (χ4n) is 3.21. The van der Waals surface area contributed by atoms with Gasteiger partial charge >= 0.3 is 0 Å². The molecule has 0 nitrogen and oxygen atoms in total. The van der Waals surface area contributed by atoms with E-state index in [4.69, 9.17) is 0 Å². The Kier molecular flexibility index (Phi) is 6.61. The van der Waals surface area contributed by atoms with Crippen molar-refractivity contribution in [3.63, 3.8) is 0 Å². The second-order valence-electron chi connectivity index (χ2n) is 6.96. The van der Waals surface area contributed by atoms with Crippen LogP contribution in [-0.2, 0) is 12.8 Å². The second-order valence-corrected chi connectivity index (χ2v) is 6.96. The van der Waals surface area contributed by atoms with E-state index in [0.717, 1.165) is 36.0 Å². The Morgan fingerprint density at radius 3 is 1.68 bits per heavy atom. The molecule has 0 aliphatic carbocycles. The summed E-state index contributed by atoms with van der Waals surface area (Å²) in [5.74, 6) is 4.32. The number of halogens is 2. The van der Waals surface area contributed by atoms with Crippen molar-refractivity contribution in [3.05, 3.63) is 94.6 Å². The smallest absolute Gasteiger partial charge is 0.142 e. The quantitative estimate of drug-likeness (QED) is 0.425. The van der Waals surface area contributed by atoms with Gasteiger partial charge in [0.05, 0.1) is 5.56 Å². The maximum Gasteiger partial charge on any atom is 0.142 e. The molecule has 0 unspecified atom stereocenters. The van der Waals surface area contributed by atoms with E-state index in [-0.39, 0.29) is 5.56 Å². The molecule has 28 heavy (non-hydrogen) atoms. The highest BCUT2D eigenvalue weighted by atomic mass is 19.1. The average molecular weight is 374 g/mol. The largest absolute Gasteiger partial charge is 0.206 e. The summed E-state index contributed by atoms with van der Waals surface area (Å²) in [5.41, 5.74) is 4.79. The summed E-state index contributed by atoms with van der Waals surface area (Å²) in [6, 6.07) is 19.0. The molecule has 0 saturated heterocycles. The fourth-order valence-corrected chi connectivity index (χ4v) is 3.21. The van der Waals surface area contributed by atoms with Gasteiger partial charge in [-0.25, -0.2) is 8.78 Å². The monoisotopic (exact) mass is 374 g/mol. The van der Waals surface area contributed by atoms with Crippen molar-refractivity contribution in [1.29, 1.82) is 0 Å². The molecule has 3 aromatic carbocycles. The summed E-state index contributed by atoms with van der Waals surface area (Å²) in [6.45, 7) is 4.15. The minimum Gasteiger partial charge on any atom is -0.206 e. The molecule has 142 valence electrons. The number of rotatable bonds is 5. The van der Waals surface area contributed by atoms with Gasteiger partial charge in [0.15, 0.2) is 0 Å². The van der Waals surface area contributed by atoms with Gasteiger partial charge in [-0.3, -0.25) is 0 Å². The van der Waals surface area contributed by atoms with Gasteiger partial charge in [0.1, 0.15) is 11.6 Å². The van der Waals surface area contributed by atoms with E-state index >= 15 is 0 Å². The number of benzene rings is 3. The third-order valence-corrected chi connectivity index (χ3v) is 4.68. The van der Waals surface area contributed by atoms with Crippen LogP contribution in [0.15, 0.2) is 60.7 Å². The first-order chi connectivity index (χ1) is 13.6. The molecule has 2 heteroatoms. The van der Waals surface area contributed by atoms with E-state index in [1.165, 1.54) is 17.7 Å². The van der Waals surface area contributed by atoms with Crippen LogP contribution < -0.4 is 0 Å². The van der Waals surface area contributed by atoms with Gasteiger partial charge in [0.25, 0.3) is 0 Å². The Labute approximate surface area is 166 Å². The van der Waals surface area contributed by atoms with Crippen molar-refractivity contribution < 1.29 is 8.78 Å². The minimum absolute atomic E-state index is 0.171. The van der Waals surface area contributed by atoms with E-state index in [1.807, 2.05) is 31.2 Å². The van der Waals surface area contributed by atoms with Crippen LogP contribution >= 0.6 is 0 Å². The topological polar surface area (TPSA) is 0 Å². The van der Waals surface area contributed by atoms with Gasteiger partial charge in [0, 0.05) is 5.56 Å². The van der Waals surface area contributed by atoms with Crippen LogP contribution in [0.25, 0.3) is 11.1 Å². The molecule has 3 aromatic rings. The van der Waals surface area contributed by atoms with Crippen LogP contribution in [0.2, 0.25) is 0 Å². The molecule has 0 N–H and O–H groups in total. The molecule has 0 saturated carbocycles. The standard InChI is InChI=1S/C26H24F2/c1-3-5-19-7-12-22(13-8-19)23-14-9-20(10-15-23)11-16-24-25(27)17-21(6-4-2)18-26(24)28/h7-10,12-15,17-18H,3-6H2,1-2H3. The lowest BCUT2D eigenvalue weighted by atomic mass is 10.0. The SMILES string of the molecule is CCCc1ccc(-c2ccc(C#Cc3c(F)cc(CCC)cc3F)cc2)cc1. The lowest BCUT2D eigenvalue weighted by molar-refractivity contribution is 0.573. The maximum atomic E-state index is 14.2. The van der Waals surface area contributed by atoms with E-state index in [9.17, 15) is 8.78 Å². The van der Waals surface area contributed by atoms with Crippen molar-refractivity contribution >= 4 is 0 Å². The van der Waals surface area contributed by atoms with Crippen molar-refractivity contribution in [2.24, 2.45) is 0 Å². The van der Waals surface area contributed by atoms with Gasteiger partial charge in [0.2, 0.25) is 0 Å². The highest BCUT2D eigenvalue weighted by Gasteiger charge is 2.08. The predicted molar refractivity (Wildman–Crippen MR) is 112 cm³/mol. The molecular formula is C26H24F2. The maximum absolute atomic E-state index is 14.2. The Morgan fingerprint density at radius 1 is 0.643 bits per heavy atom. The zero-order valence-electron chi connectivity index (χ0n) is 16.4. The summed E-state index contributed by atoms with van der Waals surface area (Å²) < 4.78 is 28.3. The van der Waals surface area contributed by atoms with E-state index < -0.39 is 11.6 Å². The van der Waals surface area contributed by atoms with Gasteiger partial charge in [-0.1, -0.05) is 74.9 Å². The highest BCUT2D eigenvalue weighted by molar-refractivity contribution is 5.64. The van der Waals surface area contributed by atoms with Crippen LogP contribution in [0.4, 0.5) is 8.78 Å². The molecule has 0 fully saturated rings. The zero-order chi connectivity index (χ0) is 19.9. The third kappa shape index (κ3) is 4.87. The van der Waals surface area contributed by atoms with E-state index in [0.29, 0.717) is 12.0 Å². The third-order valence-electron chi connectivity index (χ3n) is 4.68. The Morgan fingerprint density at radius 2 is 1.14 bits per heavy atom. The molecule has 0 bridgehead atoms. The van der Waals surface area contributed by atoms with Crippen LogP contribution in [-0.4, -0.2) is 0 Å². The summed E-state index contributed by atoms with van der Waals surface area (Å²) in [5, 5.41) is 0. The minimum atomic E-state index is -0.597. The molecule has 0 aromatic heterocycles. The van der Waals surface area contributed by atoms with Gasteiger partial charge in [-0.05, 0) is 59.4 Å². The molecule has 3 rings (SSSR count). The molecule has 0 aliphatic rings. The molecule has 0 amide bonds. The van der Waals surface area contributed by atoms with Crippen LogP contribution in [0.1, 0.15) is 48.9 Å². The van der Waals surface area contributed by atoms with Gasteiger partial charge in [-0.15, -0.1) is 0 Å². The molecule has 0 heterocycles. The van der Waals surface area contributed by atoms with Crippen molar-refractivity contribution in [1.82, 2.24) is 0 Å². The normalized spacial score (nSPS) is 10.4. The fraction of sp³-hybridized carbons (Fsp3) is 0.231. The van der Waals surface area contributed by atoms with Gasteiger partial charge < -0.3 is 0 Å². The van der Waals surface area contributed by atoms with Crippen molar-refractivity contribution in [2.45, 2.75) is 39.5 Å². The molecular weight excluding hydrogens is 350 g/mol. The molecule has 0 atom stereocenters. The van der Waals surface area contributed by atoms with Crippen molar-refractivity contribution in [2.75, 3.05) is 0 Å². The summed E-state index contributed by atoms with van der Waals surface area (Å²) >= 11 is 0. The Balaban J connectivity index is 1.78. The Bertz CT molecular complexity index is 964. The molecule has 0 radical (unpaired) electrons. The average Bonchev–Trinajstić information content (AvgIpc) is 2.69. The predicted octanol–water partition coefficient (Wildman–Crippen LogP) is 6.94. The number of hydrogen-bond acceptors (Lipinski definition) is 0. The highest BCUT2D eigenvalue weighted by Crippen LogP contribution is 2.21.